The number of nitrogens with zero attached hydrogens (tertiary/aromatic N) is 1. The van der Waals surface area contributed by atoms with Gasteiger partial charge in [0.2, 0.25) is 17.7 Å². The van der Waals surface area contributed by atoms with Crippen molar-refractivity contribution in [2.24, 2.45) is 33.0 Å². The molecule has 59 heavy (non-hydrogen) atoms. The molecule has 326 valence electrons. The lowest BCUT2D eigenvalue weighted by Crippen LogP contribution is -2.62. The fourth-order valence-electron chi connectivity index (χ4n) is 11.0. The first-order valence-corrected chi connectivity index (χ1v) is 23.2. The Bertz CT molecular complexity index is 2080. The van der Waals surface area contributed by atoms with Gasteiger partial charge >= 0.3 is 0 Å². The zero-order valence-corrected chi connectivity index (χ0v) is 37.9. The highest BCUT2D eigenvalue weighted by atomic mass is 32.2. The van der Waals surface area contributed by atoms with Gasteiger partial charge < -0.3 is 25.8 Å². The van der Waals surface area contributed by atoms with Crippen LogP contribution < -0.4 is 16.0 Å². The largest absolute Gasteiger partial charge is 0.354 e. The van der Waals surface area contributed by atoms with Gasteiger partial charge in [-0.05, 0) is 92.9 Å². The maximum Gasteiger partial charge on any atom is 0.269 e. The average Bonchev–Trinajstić information content (AvgIpc) is 4.04. The highest BCUT2D eigenvalue weighted by molar-refractivity contribution is 7.92. The summed E-state index contributed by atoms with van der Waals surface area (Å²) < 4.78 is 25.1. The van der Waals surface area contributed by atoms with Crippen molar-refractivity contribution in [2.45, 2.75) is 163 Å². The molecule has 6 rings (SSSR count). The molecule has 2 spiro atoms. The second kappa shape index (κ2) is 14.7. The van der Waals surface area contributed by atoms with Crippen LogP contribution in [0.4, 0.5) is 0 Å². The van der Waals surface area contributed by atoms with Crippen molar-refractivity contribution in [1.29, 1.82) is 0 Å². The van der Waals surface area contributed by atoms with Crippen LogP contribution in [0.1, 0.15) is 152 Å². The van der Waals surface area contributed by atoms with Gasteiger partial charge in [0.25, 0.3) is 5.91 Å². The lowest BCUT2D eigenvalue weighted by molar-refractivity contribution is -0.145. The molecule has 5 fully saturated rings. The smallest absolute Gasteiger partial charge is 0.269 e. The van der Waals surface area contributed by atoms with E-state index in [4.69, 9.17) is 0 Å². The fraction of sp³-hybridized carbons (Fsp3) is 0.733. The lowest BCUT2D eigenvalue weighted by Gasteiger charge is -2.38. The van der Waals surface area contributed by atoms with Crippen LogP contribution in [0.15, 0.2) is 12.7 Å². The molecule has 4 amide bonds. The monoisotopic (exact) mass is 837 g/mol. The van der Waals surface area contributed by atoms with Crippen LogP contribution in [0.2, 0.25) is 0 Å². The first-order chi connectivity index (χ1) is 27.1. The molecule has 0 radical (unpaired) electrons. The number of nitrogens with one attached hydrogen (secondary N) is 4. The number of aryl methyl sites for hydroxylation is 1. The third kappa shape index (κ3) is 7.40. The predicted octanol–water partition coefficient (Wildman–Crippen LogP) is 5.29. The van der Waals surface area contributed by atoms with E-state index in [0.29, 0.717) is 43.5 Å². The summed E-state index contributed by atoms with van der Waals surface area (Å²) in [4.78, 5) is 89.1. The number of amides is 4. The number of likely N-dealkylation sites (tertiary alicyclic amines) is 1. The van der Waals surface area contributed by atoms with Crippen LogP contribution in [0, 0.1) is 46.8 Å². The SMILES string of the molecule is C=CC1CC1(NC(=O)C1CC2(CN1C(=O)C(NC(=O)C(NC(=O)c1[nH]c(C)c(C)c1C(C)=O)C(C)(C)C)C(C)(C)C)C(C)(C)C21CCC1)C(=O)CCCS(=O)(=O)C1CC1. The fourth-order valence-corrected chi connectivity index (χ4v) is 12.7. The van der Waals surface area contributed by atoms with E-state index in [9.17, 15) is 32.4 Å². The van der Waals surface area contributed by atoms with Crippen LogP contribution in [0.3, 0.4) is 0 Å². The number of aromatic amines is 1. The number of sulfone groups is 1. The molecule has 4 aliphatic carbocycles. The molecule has 0 bridgehead atoms. The number of rotatable bonds is 15. The highest BCUT2D eigenvalue weighted by Gasteiger charge is 2.85. The number of ketones is 2. The lowest BCUT2D eigenvalue weighted by atomic mass is 9.73. The summed E-state index contributed by atoms with van der Waals surface area (Å²) in [6.45, 7) is 24.5. The Balaban J connectivity index is 1.26. The number of H-pyrrole nitrogens is 1. The number of hydrogen-bond donors (Lipinski definition) is 4. The molecule has 5 aliphatic rings. The quantitative estimate of drug-likeness (QED) is 0.135. The molecule has 14 heteroatoms. The summed E-state index contributed by atoms with van der Waals surface area (Å²) >= 11 is 0. The number of carbonyl (C=O) groups excluding carboxylic acids is 6. The van der Waals surface area contributed by atoms with Crippen molar-refractivity contribution < 1.29 is 37.2 Å². The van der Waals surface area contributed by atoms with Crippen molar-refractivity contribution in [1.82, 2.24) is 25.8 Å². The molecule has 4 N–H and O–H groups in total. The van der Waals surface area contributed by atoms with Gasteiger partial charge in [-0.2, -0.15) is 0 Å². The molecular weight excluding hydrogens is 771 g/mol. The maximum atomic E-state index is 15.2. The summed E-state index contributed by atoms with van der Waals surface area (Å²) in [5.41, 5.74) is -1.73. The Morgan fingerprint density at radius 3 is 2.02 bits per heavy atom. The zero-order chi connectivity index (χ0) is 44.1. The third-order valence-corrected chi connectivity index (χ3v) is 17.6. The normalized spacial score (nSPS) is 27.7. The van der Waals surface area contributed by atoms with Gasteiger partial charge in [-0.1, -0.05) is 67.9 Å². The first-order valence-electron chi connectivity index (χ1n) is 21.4. The molecule has 1 aromatic heterocycles. The minimum absolute atomic E-state index is 0.00666. The summed E-state index contributed by atoms with van der Waals surface area (Å²) in [7, 11) is -3.24. The Morgan fingerprint density at radius 1 is 0.932 bits per heavy atom. The van der Waals surface area contributed by atoms with Crippen LogP contribution in [0.5, 0.6) is 0 Å². The maximum absolute atomic E-state index is 15.2. The van der Waals surface area contributed by atoms with Crippen LogP contribution in [0.25, 0.3) is 0 Å². The van der Waals surface area contributed by atoms with Crippen LogP contribution in [-0.4, -0.2) is 94.7 Å². The number of carbonyl (C=O) groups is 6. The molecule has 6 atom stereocenters. The van der Waals surface area contributed by atoms with E-state index >= 15 is 4.79 Å². The molecule has 1 aliphatic heterocycles. The number of Topliss-reactive ketones (excluding diaryl/α,β-unsaturated/α-hetero) is 2. The van der Waals surface area contributed by atoms with Gasteiger partial charge in [0.05, 0.1) is 16.6 Å². The van der Waals surface area contributed by atoms with Gasteiger partial charge in [-0.25, -0.2) is 8.42 Å². The Labute approximate surface area is 350 Å². The molecule has 1 aromatic rings. The summed E-state index contributed by atoms with van der Waals surface area (Å²) in [6, 6.07) is -3.14. The average molecular weight is 838 g/mol. The zero-order valence-electron chi connectivity index (χ0n) is 37.1. The van der Waals surface area contributed by atoms with E-state index in [2.05, 4.69) is 41.4 Å². The van der Waals surface area contributed by atoms with Gasteiger partial charge in [0.1, 0.15) is 29.4 Å². The van der Waals surface area contributed by atoms with E-state index < -0.39 is 68.0 Å². The molecule has 2 heterocycles. The van der Waals surface area contributed by atoms with Gasteiger partial charge in [0.15, 0.2) is 21.4 Å². The van der Waals surface area contributed by atoms with Crippen molar-refractivity contribution >= 4 is 45.0 Å². The molecular formula is C45H67N5O8S. The minimum Gasteiger partial charge on any atom is -0.354 e. The minimum atomic E-state index is -3.24. The first kappa shape index (κ1) is 44.7. The second-order valence-corrected chi connectivity index (χ2v) is 23.6. The van der Waals surface area contributed by atoms with E-state index in [1.807, 2.05) is 20.8 Å². The topological polar surface area (TPSA) is 192 Å². The van der Waals surface area contributed by atoms with Crippen molar-refractivity contribution in [3.63, 3.8) is 0 Å². The van der Waals surface area contributed by atoms with E-state index in [-0.39, 0.29) is 68.8 Å². The molecule has 0 aromatic carbocycles. The highest BCUT2D eigenvalue weighted by Crippen LogP contribution is 2.88. The molecule has 13 nitrogen and oxygen atoms in total. The van der Waals surface area contributed by atoms with Crippen molar-refractivity contribution in [3.8, 4) is 0 Å². The van der Waals surface area contributed by atoms with Gasteiger partial charge in [-0.15, -0.1) is 6.58 Å². The molecule has 1 saturated heterocycles. The van der Waals surface area contributed by atoms with Gasteiger partial charge in [0, 0.05) is 30.0 Å². The standard InChI is InChI=1S/C45H67N5O8S/c1-13-28-22-45(28,31(52)16-14-21-59(57,58)29-17-18-29)49-36(53)30-23-44(42(11,12)43(44)19-15-20-43)24-50(30)39(56)35(41(8,9)10)48-38(55)34(40(5,6)7)47-37(54)33-32(27(4)51)25(2)26(3)46-33/h13,28-30,34-35,46H,1,14-24H2,2-12H3,(H,47,54)(H,48,55)(H,49,53). The number of fused-ring (bicyclic) bond motifs is 1. The second-order valence-electron chi connectivity index (χ2n) is 21.2. The van der Waals surface area contributed by atoms with Crippen LogP contribution in [-0.2, 0) is 29.0 Å². The van der Waals surface area contributed by atoms with Gasteiger partial charge in [-0.3, -0.25) is 28.8 Å². The molecule has 4 saturated carbocycles. The summed E-state index contributed by atoms with van der Waals surface area (Å²) in [5, 5.41) is 8.62. The summed E-state index contributed by atoms with van der Waals surface area (Å²) in [5.74, 6) is -2.96. The van der Waals surface area contributed by atoms with E-state index in [1.54, 1.807) is 45.6 Å². The third-order valence-electron chi connectivity index (χ3n) is 15.3. The summed E-state index contributed by atoms with van der Waals surface area (Å²) in [6.07, 6.45) is 7.00. The van der Waals surface area contributed by atoms with Crippen molar-refractivity contribution in [2.75, 3.05) is 12.3 Å². The van der Waals surface area contributed by atoms with E-state index in [0.717, 1.165) is 19.3 Å². The van der Waals surface area contributed by atoms with Crippen LogP contribution >= 0.6 is 0 Å². The van der Waals surface area contributed by atoms with Crippen molar-refractivity contribution in [3.05, 3.63) is 35.2 Å². The number of aromatic nitrogens is 1. The van der Waals surface area contributed by atoms with E-state index in [1.165, 1.54) is 6.92 Å². The number of hydrogen-bond acceptors (Lipinski definition) is 8. The Morgan fingerprint density at radius 2 is 1.54 bits per heavy atom. The Hall–Kier alpha value is -3.81. The predicted molar refractivity (Wildman–Crippen MR) is 225 cm³/mol. The molecule has 6 unspecified atom stereocenters. The Kier molecular flexibility index (Phi) is 11.1.